The van der Waals surface area contributed by atoms with Crippen molar-refractivity contribution in [2.24, 2.45) is 5.92 Å². The maximum Gasteiger partial charge on any atom is 0.338 e. The SMILES string of the molecule is COc1ccccc1[C@@H]1NC(=O)NC(C)=C1C(=O)O[C@@H]1CCC[C@H]1C. The van der Waals surface area contributed by atoms with Crippen molar-refractivity contribution in [3.8, 4) is 5.75 Å². The number of methoxy groups -OCH3 is 1. The largest absolute Gasteiger partial charge is 0.496 e. The molecule has 0 radical (unpaired) electrons. The van der Waals surface area contributed by atoms with Crippen molar-refractivity contribution in [2.45, 2.75) is 45.3 Å². The van der Waals surface area contributed by atoms with Crippen molar-refractivity contribution in [3.63, 3.8) is 0 Å². The van der Waals surface area contributed by atoms with Gasteiger partial charge in [0.2, 0.25) is 0 Å². The van der Waals surface area contributed by atoms with Crippen molar-refractivity contribution in [3.05, 3.63) is 41.1 Å². The fourth-order valence-corrected chi connectivity index (χ4v) is 3.59. The van der Waals surface area contributed by atoms with Gasteiger partial charge in [-0.2, -0.15) is 0 Å². The van der Waals surface area contributed by atoms with Gasteiger partial charge in [-0.25, -0.2) is 9.59 Å². The molecule has 1 heterocycles. The summed E-state index contributed by atoms with van der Waals surface area (Å²) in [5.74, 6) is 0.586. The molecule has 0 saturated heterocycles. The number of amides is 2. The highest BCUT2D eigenvalue weighted by atomic mass is 16.5. The Morgan fingerprint density at radius 3 is 2.68 bits per heavy atom. The minimum Gasteiger partial charge on any atom is -0.496 e. The first-order valence-corrected chi connectivity index (χ1v) is 8.63. The summed E-state index contributed by atoms with van der Waals surface area (Å²) < 4.78 is 11.2. The molecule has 0 aromatic heterocycles. The molecule has 1 aliphatic heterocycles. The lowest BCUT2D eigenvalue weighted by molar-refractivity contribution is -0.146. The number of allylic oxidation sites excluding steroid dienone is 1. The molecule has 1 aromatic carbocycles. The van der Waals surface area contributed by atoms with Crippen LogP contribution < -0.4 is 15.4 Å². The molecule has 6 heteroatoms. The molecule has 0 spiro atoms. The van der Waals surface area contributed by atoms with E-state index in [0.717, 1.165) is 24.8 Å². The van der Waals surface area contributed by atoms with Crippen LogP contribution in [0.4, 0.5) is 4.79 Å². The highest BCUT2D eigenvalue weighted by Crippen LogP contribution is 2.35. The molecule has 1 saturated carbocycles. The number of nitrogens with one attached hydrogen (secondary N) is 2. The first-order valence-electron chi connectivity index (χ1n) is 8.63. The van der Waals surface area contributed by atoms with Crippen LogP contribution in [0.3, 0.4) is 0 Å². The van der Waals surface area contributed by atoms with Gasteiger partial charge in [-0.05, 0) is 38.2 Å². The number of carbonyl (C=O) groups excluding carboxylic acids is 2. The van der Waals surface area contributed by atoms with Crippen LogP contribution in [-0.4, -0.2) is 25.2 Å². The van der Waals surface area contributed by atoms with E-state index in [1.54, 1.807) is 20.1 Å². The number of esters is 1. The van der Waals surface area contributed by atoms with Gasteiger partial charge in [-0.3, -0.25) is 0 Å². The smallest absolute Gasteiger partial charge is 0.338 e. The van der Waals surface area contributed by atoms with E-state index in [9.17, 15) is 9.59 Å². The average molecular weight is 344 g/mol. The van der Waals surface area contributed by atoms with Crippen molar-refractivity contribution in [1.29, 1.82) is 0 Å². The van der Waals surface area contributed by atoms with Gasteiger partial charge >= 0.3 is 12.0 Å². The quantitative estimate of drug-likeness (QED) is 0.823. The molecule has 1 aromatic rings. The maximum atomic E-state index is 12.9. The van der Waals surface area contributed by atoms with Crippen molar-refractivity contribution >= 4 is 12.0 Å². The minimum atomic E-state index is -0.603. The van der Waals surface area contributed by atoms with E-state index in [4.69, 9.17) is 9.47 Å². The number of benzene rings is 1. The van der Waals surface area contributed by atoms with Gasteiger partial charge in [0.05, 0.1) is 18.7 Å². The van der Waals surface area contributed by atoms with Crippen LogP contribution in [-0.2, 0) is 9.53 Å². The summed E-state index contributed by atoms with van der Waals surface area (Å²) in [4.78, 5) is 24.9. The number of rotatable bonds is 4. The molecule has 0 unspecified atom stereocenters. The molecule has 134 valence electrons. The first kappa shape index (κ1) is 17.3. The van der Waals surface area contributed by atoms with E-state index < -0.39 is 6.04 Å². The Labute approximate surface area is 147 Å². The van der Waals surface area contributed by atoms with Gasteiger partial charge < -0.3 is 20.1 Å². The lowest BCUT2D eigenvalue weighted by Crippen LogP contribution is -2.45. The molecule has 3 rings (SSSR count). The number of carbonyl (C=O) groups is 2. The van der Waals surface area contributed by atoms with Gasteiger partial charge in [0, 0.05) is 11.3 Å². The molecule has 2 aliphatic rings. The van der Waals surface area contributed by atoms with Gasteiger partial charge in [0.1, 0.15) is 11.9 Å². The molecule has 3 atom stereocenters. The first-order chi connectivity index (χ1) is 12.0. The number of hydrogen-bond donors (Lipinski definition) is 2. The maximum absolute atomic E-state index is 12.9. The van der Waals surface area contributed by atoms with E-state index in [1.165, 1.54) is 0 Å². The van der Waals surface area contributed by atoms with Crippen LogP contribution in [0.5, 0.6) is 5.75 Å². The normalized spacial score (nSPS) is 26.0. The molecule has 1 fully saturated rings. The van der Waals surface area contributed by atoms with Crippen LogP contribution in [0, 0.1) is 5.92 Å². The van der Waals surface area contributed by atoms with Crippen LogP contribution in [0.2, 0.25) is 0 Å². The molecule has 25 heavy (non-hydrogen) atoms. The zero-order chi connectivity index (χ0) is 18.0. The standard InChI is InChI=1S/C19H24N2O4/c1-11-7-6-10-14(11)25-18(22)16-12(2)20-19(23)21-17(16)13-8-4-5-9-15(13)24-3/h4-5,8-9,11,14,17H,6-7,10H2,1-3H3,(H2,20,21,23)/t11-,14-,17+/m1/s1. The number of ether oxygens (including phenoxy) is 2. The Morgan fingerprint density at radius 1 is 1.24 bits per heavy atom. The van der Waals surface area contributed by atoms with E-state index in [0.29, 0.717) is 22.9 Å². The summed E-state index contributed by atoms with van der Waals surface area (Å²) in [6.45, 7) is 3.82. The molecule has 2 N–H and O–H groups in total. The van der Waals surface area contributed by atoms with E-state index in [1.807, 2.05) is 18.2 Å². The third-order valence-corrected chi connectivity index (χ3v) is 4.98. The van der Waals surface area contributed by atoms with Crippen molar-refractivity contribution in [1.82, 2.24) is 10.6 Å². The Hall–Kier alpha value is -2.50. The monoisotopic (exact) mass is 344 g/mol. The molecule has 2 amide bonds. The fourth-order valence-electron chi connectivity index (χ4n) is 3.59. The Kier molecular flexibility index (Phi) is 4.97. The minimum absolute atomic E-state index is 0.0660. The summed E-state index contributed by atoms with van der Waals surface area (Å²) in [6, 6.07) is 6.39. The van der Waals surface area contributed by atoms with Crippen LogP contribution in [0.1, 0.15) is 44.7 Å². The van der Waals surface area contributed by atoms with E-state index >= 15 is 0 Å². The second-order valence-corrected chi connectivity index (χ2v) is 6.66. The molecule has 1 aliphatic carbocycles. The van der Waals surface area contributed by atoms with Gasteiger partial charge in [0.15, 0.2) is 0 Å². The van der Waals surface area contributed by atoms with Crippen LogP contribution >= 0.6 is 0 Å². The predicted octanol–water partition coefficient (Wildman–Crippen LogP) is 3.05. The summed E-state index contributed by atoms with van der Waals surface area (Å²) in [5.41, 5.74) is 1.66. The summed E-state index contributed by atoms with van der Waals surface area (Å²) in [7, 11) is 1.57. The number of para-hydroxylation sites is 1. The second kappa shape index (κ2) is 7.17. The third-order valence-electron chi connectivity index (χ3n) is 4.98. The number of hydrogen-bond acceptors (Lipinski definition) is 4. The predicted molar refractivity (Wildman–Crippen MR) is 93.0 cm³/mol. The van der Waals surface area contributed by atoms with Crippen LogP contribution in [0.25, 0.3) is 0 Å². The molecular formula is C19H24N2O4. The second-order valence-electron chi connectivity index (χ2n) is 6.66. The van der Waals surface area contributed by atoms with E-state index in [2.05, 4.69) is 17.6 Å². The highest BCUT2D eigenvalue weighted by Gasteiger charge is 2.36. The summed E-state index contributed by atoms with van der Waals surface area (Å²) >= 11 is 0. The van der Waals surface area contributed by atoms with Crippen molar-refractivity contribution < 1.29 is 19.1 Å². The zero-order valence-electron chi connectivity index (χ0n) is 14.8. The Morgan fingerprint density at radius 2 is 2.00 bits per heavy atom. The number of urea groups is 1. The summed E-state index contributed by atoms with van der Waals surface area (Å²) in [5, 5.41) is 5.49. The average Bonchev–Trinajstić information content (AvgIpc) is 2.98. The summed E-state index contributed by atoms with van der Waals surface area (Å²) in [6.07, 6.45) is 2.96. The topological polar surface area (TPSA) is 76.7 Å². The highest BCUT2D eigenvalue weighted by molar-refractivity contribution is 5.95. The Balaban J connectivity index is 1.93. The molecule has 6 nitrogen and oxygen atoms in total. The lowest BCUT2D eigenvalue weighted by Gasteiger charge is -2.30. The molecule has 0 bridgehead atoms. The Bertz CT molecular complexity index is 713. The molecular weight excluding hydrogens is 320 g/mol. The van der Waals surface area contributed by atoms with Crippen molar-refractivity contribution in [2.75, 3.05) is 7.11 Å². The lowest BCUT2D eigenvalue weighted by atomic mass is 9.94. The van der Waals surface area contributed by atoms with Gasteiger partial charge in [-0.1, -0.05) is 25.1 Å². The van der Waals surface area contributed by atoms with Crippen LogP contribution in [0.15, 0.2) is 35.5 Å². The fraction of sp³-hybridized carbons (Fsp3) is 0.474. The van der Waals surface area contributed by atoms with Gasteiger partial charge in [0.25, 0.3) is 0 Å². The zero-order valence-corrected chi connectivity index (χ0v) is 14.8. The van der Waals surface area contributed by atoms with Gasteiger partial charge in [-0.15, -0.1) is 0 Å². The third kappa shape index (κ3) is 3.48. The van der Waals surface area contributed by atoms with E-state index in [-0.39, 0.29) is 18.1 Å².